The molecule has 0 bridgehead atoms. The van der Waals surface area contributed by atoms with Gasteiger partial charge in [0.05, 0.1) is 13.2 Å². The fourth-order valence-corrected chi connectivity index (χ4v) is 2.92. The van der Waals surface area contributed by atoms with Crippen molar-refractivity contribution < 1.29 is 4.74 Å². The Bertz CT molecular complexity index is 590. The summed E-state index contributed by atoms with van der Waals surface area (Å²) in [6, 6.07) is 16.8. The van der Waals surface area contributed by atoms with Gasteiger partial charge in [0.2, 0.25) is 0 Å². The molecule has 0 amide bonds. The van der Waals surface area contributed by atoms with E-state index in [2.05, 4.69) is 41.8 Å². The summed E-state index contributed by atoms with van der Waals surface area (Å²) in [7, 11) is 1.68. The van der Waals surface area contributed by atoms with E-state index in [1.165, 1.54) is 30.4 Å². The third-order valence-corrected chi connectivity index (χ3v) is 4.44. The van der Waals surface area contributed by atoms with Gasteiger partial charge in [-0.05, 0) is 47.6 Å². The van der Waals surface area contributed by atoms with Crippen LogP contribution in [0.4, 0.5) is 0 Å². The van der Waals surface area contributed by atoms with Gasteiger partial charge in [-0.1, -0.05) is 42.8 Å². The number of nitrogens with two attached hydrogens (primary N) is 1. The molecule has 0 heterocycles. The number of ether oxygens (including phenoxy) is 1. The van der Waals surface area contributed by atoms with Gasteiger partial charge in [0, 0.05) is 0 Å². The van der Waals surface area contributed by atoms with Crippen molar-refractivity contribution in [3.63, 3.8) is 0 Å². The Morgan fingerprint density at radius 3 is 2.43 bits per heavy atom. The molecule has 110 valence electrons. The lowest BCUT2D eigenvalue weighted by Crippen LogP contribution is -2.29. The molecule has 0 saturated heterocycles. The lowest BCUT2D eigenvalue weighted by molar-refractivity contribution is 0.414. The Kier molecular flexibility index (Phi) is 4.23. The van der Waals surface area contributed by atoms with Gasteiger partial charge in [0.1, 0.15) is 5.75 Å². The number of benzene rings is 2. The van der Waals surface area contributed by atoms with Crippen molar-refractivity contribution in [3.05, 3.63) is 65.2 Å². The van der Waals surface area contributed by atoms with Crippen molar-refractivity contribution in [2.75, 3.05) is 7.11 Å². The summed E-state index contributed by atoms with van der Waals surface area (Å²) in [5.74, 6) is 7.39. The summed E-state index contributed by atoms with van der Waals surface area (Å²) in [5.41, 5.74) is 6.73. The van der Waals surface area contributed by atoms with Gasteiger partial charge in [-0.2, -0.15) is 0 Å². The van der Waals surface area contributed by atoms with Crippen LogP contribution in [0.5, 0.6) is 5.75 Å². The molecule has 0 radical (unpaired) electrons. The van der Waals surface area contributed by atoms with E-state index in [0.29, 0.717) is 0 Å². The van der Waals surface area contributed by atoms with Crippen LogP contribution < -0.4 is 16.0 Å². The van der Waals surface area contributed by atoms with Crippen LogP contribution in [-0.4, -0.2) is 7.11 Å². The average Bonchev–Trinajstić information content (AvgIpc) is 2.47. The maximum absolute atomic E-state index is 5.80. The van der Waals surface area contributed by atoms with E-state index in [0.717, 1.165) is 17.2 Å². The van der Waals surface area contributed by atoms with Crippen LogP contribution in [-0.2, 0) is 0 Å². The Balaban J connectivity index is 1.87. The first kappa shape index (κ1) is 14.1. The predicted molar refractivity (Wildman–Crippen MR) is 85.2 cm³/mol. The molecule has 1 saturated carbocycles. The maximum atomic E-state index is 5.80. The fourth-order valence-electron chi connectivity index (χ4n) is 2.92. The van der Waals surface area contributed by atoms with E-state index in [9.17, 15) is 0 Å². The SMILES string of the molecule is COc1ccc(C(NN)c2cccc(C3CCC3)c2)cc1. The monoisotopic (exact) mass is 282 g/mol. The molecule has 3 heteroatoms. The molecule has 2 aromatic carbocycles. The molecular formula is C18H22N2O. The van der Waals surface area contributed by atoms with E-state index < -0.39 is 0 Å². The number of rotatable bonds is 5. The Hall–Kier alpha value is -1.84. The number of nitrogens with one attached hydrogen (secondary N) is 1. The molecule has 3 N–H and O–H groups in total. The molecule has 1 atom stereocenters. The fraction of sp³-hybridized carbons (Fsp3) is 0.333. The summed E-state index contributed by atoms with van der Waals surface area (Å²) in [4.78, 5) is 0. The van der Waals surface area contributed by atoms with E-state index >= 15 is 0 Å². The molecule has 3 rings (SSSR count). The average molecular weight is 282 g/mol. The van der Waals surface area contributed by atoms with Gasteiger partial charge in [-0.3, -0.25) is 5.84 Å². The molecule has 0 aliphatic heterocycles. The molecule has 2 aromatic rings. The highest BCUT2D eigenvalue weighted by atomic mass is 16.5. The number of hydrogen-bond donors (Lipinski definition) is 2. The minimum atomic E-state index is 0.0101. The van der Waals surface area contributed by atoms with E-state index in [1.807, 2.05) is 12.1 Å². The summed E-state index contributed by atoms with van der Waals surface area (Å²) in [6.07, 6.45) is 3.98. The predicted octanol–water partition coefficient (Wildman–Crippen LogP) is 3.52. The first-order valence-electron chi connectivity index (χ1n) is 7.51. The van der Waals surface area contributed by atoms with E-state index in [-0.39, 0.29) is 6.04 Å². The number of methoxy groups -OCH3 is 1. The van der Waals surface area contributed by atoms with Gasteiger partial charge in [0.15, 0.2) is 0 Å². The van der Waals surface area contributed by atoms with E-state index in [4.69, 9.17) is 10.6 Å². The molecular weight excluding hydrogens is 260 g/mol. The Labute approximate surface area is 126 Å². The van der Waals surface area contributed by atoms with Crippen molar-refractivity contribution >= 4 is 0 Å². The minimum Gasteiger partial charge on any atom is -0.497 e. The topological polar surface area (TPSA) is 47.3 Å². The first-order chi connectivity index (χ1) is 10.3. The molecule has 3 nitrogen and oxygen atoms in total. The summed E-state index contributed by atoms with van der Waals surface area (Å²) >= 11 is 0. The van der Waals surface area contributed by atoms with Crippen molar-refractivity contribution in [1.82, 2.24) is 5.43 Å². The lowest BCUT2D eigenvalue weighted by atomic mass is 9.79. The summed E-state index contributed by atoms with van der Waals surface area (Å²) in [6.45, 7) is 0. The third-order valence-electron chi connectivity index (χ3n) is 4.44. The highest BCUT2D eigenvalue weighted by Gasteiger charge is 2.21. The second-order valence-electron chi connectivity index (χ2n) is 5.67. The third kappa shape index (κ3) is 2.94. The van der Waals surface area contributed by atoms with Gasteiger partial charge in [0.25, 0.3) is 0 Å². The quantitative estimate of drug-likeness (QED) is 0.651. The van der Waals surface area contributed by atoms with E-state index in [1.54, 1.807) is 7.11 Å². The van der Waals surface area contributed by atoms with Crippen molar-refractivity contribution in [3.8, 4) is 5.75 Å². The second-order valence-corrected chi connectivity index (χ2v) is 5.67. The summed E-state index contributed by atoms with van der Waals surface area (Å²) in [5, 5.41) is 0. The molecule has 1 unspecified atom stereocenters. The first-order valence-corrected chi connectivity index (χ1v) is 7.51. The molecule has 21 heavy (non-hydrogen) atoms. The van der Waals surface area contributed by atoms with Crippen LogP contribution in [0, 0.1) is 0 Å². The van der Waals surface area contributed by atoms with Crippen molar-refractivity contribution in [2.24, 2.45) is 5.84 Å². The number of hydrazine groups is 1. The van der Waals surface area contributed by atoms with Crippen molar-refractivity contribution in [2.45, 2.75) is 31.2 Å². The largest absolute Gasteiger partial charge is 0.497 e. The van der Waals surface area contributed by atoms with Gasteiger partial charge in [-0.15, -0.1) is 0 Å². The van der Waals surface area contributed by atoms with Crippen LogP contribution >= 0.6 is 0 Å². The van der Waals surface area contributed by atoms with Crippen LogP contribution in [0.15, 0.2) is 48.5 Å². The smallest absolute Gasteiger partial charge is 0.118 e. The Morgan fingerprint density at radius 1 is 1.10 bits per heavy atom. The molecule has 0 aromatic heterocycles. The van der Waals surface area contributed by atoms with Gasteiger partial charge >= 0.3 is 0 Å². The number of hydrogen-bond acceptors (Lipinski definition) is 3. The molecule has 1 aliphatic rings. The standard InChI is InChI=1S/C18H22N2O/c1-21-17-10-8-14(9-11-17)18(20-19)16-7-3-6-15(12-16)13-4-2-5-13/h3,6-13,18,20H,2,4-5,19H2,1H3. The molecule has 1 fully saturated rings. The highest BCUT2D eigenvalue weighted by molar-refractivity contribution is 5.38. The zero-order chi connectivity index (χ0) is 14.7. The lowest BCUT2D eigenvalue weighted by Gasteiger charge is -2.27. The van der Waals surface area contributed by atoms with Gasteiger partial charge < -0.3 is 4.74 Å². The highest BCUT2D eigenvalue weighted by Crippen LogP contribution is 2.37. The van der Waals surface area contributed by atoms with Crippen LogP contribution in [0.2, 0.25) is 0 Å². The normalized spacial score (nSPS) is 16.3. The minimum absolute atomic E-state index is 0.0101. The maximum Gasteiger partial charge on any atom is 0.118 e. The zero-order valence-corrected chi connectivity index (χ0v) is 12.4. The van der Waals surface area contributed by atoms with Crippen LogP contribution in [0.3, 0.4) is 0 Å². The van der Waals surface area contributed by atoms with Crippen LogP contribution in [0.25, 0.3) is 0 Å². The molecule has 1 aliphatic carbocycles. The zero-order valence-electron chi connectivity index (χ0n) is 12.4. The Morgan fingerprint density at radius 2 is 1.86 bits per heavy atom. The van der Waals surface area contributed by atoms with Gasteiger partial charge in [-0.25, -0.2) is 5.43 Å². The summed E-state index contributed by atoms with van der Waals surface area (Å²) < 4.78 is 5.21. The van der Waals surface area contributed by atoms with Crippen LogP contribution in [0.1, 0.15) is 47.9 Å². The second kappa shape index (κ2) is 6.29. The van der Waals surface area contributed by atoms with Crippen molar-refractivity contribution in [1.29, 1.82) is 0 Å². The molecule has 0 spiro atoms.